The van der Waals surface area contributed by atoms with Crippen LogP contribution < -0.4 is 20.1 Å². The highest BCUT2D eigenvalue weighted by atomic mass is 35.5. The predicted molar refractivity (Wildman–Crippen MR) is 183 cm³/mol. The fourth-order valence-corrected chi connectivity index (χ4v) is 6.64. The third-order valence-corrected chi connectivity index (χ3v) is 10.7. The molecule has 2 N–H and O–H groups in total. The summed E-state index contributed by atoms with van der Waals surface area (Å²) in [6.07, 6.45) is 3.08. The Kier molecular flexibility index (Phi) is 11.1. The second-order valence-electron chi connectivity index (χ2n) is 10.9. The first-order valence-corrected chi connectivity index (χ1v) is 17.7. The molecule has 0 bridgehead atoms. The van der Waals surface area contributed by atoms with E-state index in [1.165, 1.54) is 18.5 Å². The molecular formula is C33H35ClFN5O4S2. The number of rotatable bonds is 15. The molecule has 46 heavy (non-hydrogen) atoms. The van der Waals surface area contributed by atoms with E-state index in [0.29, 0.717) is 52.2 Å². The van der Waals surface area contributed by atoms with Crippen molar-refractivity contribution in [1.29, 1.82) is 0 Å². The lowest BCUT2D eigenvalue weighted by Crippen LogP contribution is -2.28. The third-order valence-electron chi connectivity index (χ3n) is 7.29. The lowest BCUT2D eigenvalue weighted by atomic mass is 10.1. The van der Waals surface area contributed by atoms with Gasteiger partial charge in [0.1, 0.15) is 36.1 Å². The summed E-state index contributed by atoms with van der Waals surface area (Å²) >= 11 is 8.10. The van der Waals surface area contributed by atoms with Crippen LogP contribution in [0.15, 0.2) is 66.3 Å². The number of benzene rings is 3. The van der Waals surface area contributed by atoms with Gasteiger partial charge in [-0.2, -0.15) is 0 Å². The van der Waals surface area contributed by atoms with E-state index >= 15 is 0 Å². The second kappa shape index (κ2) is 15.2. The zero-order valence-electron chi connectivity index (χ0n) is 25.7. The maximum absolute atomic E-state index is 13.5. The molecule has 0 saturated carbocycles. The van der Waals surface area contributed by atoms with E-state index in [0.717, 1.165) is 34.5 Å². The largest absolute Gasteiger partial charge is 0.496 e. The summed E-state index contributed by atoms with van der Waals surface area (Å²) in [5, 5.41) is 10.3. The zero-order chi connectivity index (χ0) is 32.7. The van der Waals surface area contributed by atoms with Crippen LogP contribution in [-0.4, -0.2) is 54.6 Å². The molecule has 0 aliphatic carbocycles. The van der Waals surface area contributed by atoms with Crippen LogP contribution in [0.3, 0.4) is 0 Å². The topological polar surface area (TPSA) is 115 Å². The molecule has 3 aromatic carbocycles. The van der Waals surface area contributed by atoms with Gasteiger partial charge < -0.3 is 20.1 Å². The molecule has 2 heterocycles. The van der Waals surface area contributed by atoms with Gasteiger partial charge in [0.15, 0.2) is 9.84 Å². The molecule has 0 aliphatic rings. The van der Waals surface area contributed by atoms with Gasteiger partial charge in [-0.05, 0) is 68.8 Å². The maximum atomic E-state index is 13.5. The summed E-state index contributed by atoms with van der Waals surface area (Å²) in [6, 6.07) is 15.4. The molecule has 0 atom stereocenters. The number of anilines is 2. The Hall–Kier alpha value is -3.84. The van der Waals surface area contributed by atoms with E-state index in [4.69, 9.17) is 26.1 Å². The molecule has 9 nitrogen and oxygen atoms in total. The number of methoxy groups -OCH3 is 1. The quantitative estimate of drug-likeness (QED) is 0.110. The van der Waals surface area contributed by atoms with Crippen molar-refractivity contribution < 1.29 is 22.3 Å². The van der Waals surface area contributed by atoms with Gasteiger partial charge in [0.2, 0.25) is 0 Å². The number of halogens is 2. The van der Waals surface area contributed by atoms with Crippen LogP contribution in [0.5, 0.6) is 11.5 Å². The number of sulfone groups is 1. The number of aromatic nitrogens is 3. The summed E-state index contributed by atoms with van der Waals surface area (Å²) in [5.41, 5.74) is 3.69. The van der Waals surface area contributed by atoms with E-state index < -0.39 is 9.84 Å². The number of fused-ring (bicyclic) bond motifs is 1. The van der Waals surface area contributed by atoms with Crippen molar-refractivity contribution in [3.8, 4) is 22.8 Å². The minimum atomic E-state index is -3.04. The van der Waals surface area contributed by atoms with Crippen molar-refractivity contribution in [2.75, 3.05) is 31.3 Å². The lowest BCUT2D eigenvalue weighted by molar-refractivity contribution is 0.306. The summed E-state index contributed by atoms with van der Waals surface area (Å²) in [6.45, 7) is 4.74. The first-order valence-electron chi connectivity index (χ1n) is 14.8. The van der Waals surface area contributed by atoms with Crippen LogP contribution in [0, 0.1) is 5.82 Å². The average molecular weight is 684 g/mol. The summed E-state index contributed by atoms with van der Waals surface area (Å²) < 4.78 is 49.0. The third kappa shape index (κ3) is 8.49. The van der Waals surface area contributed by atoms with Crippen LogP contribution in [0.1, 0.15) is 30.8 Å². The van der Waals surface area contributed by atoms with E-state index in [2.05, 4.69) is 20.6 Å². The number of hydrogen-bond acceptors (Lipinski definition) is 10. The normalized spacial score (nSPS) is 11.7. The van der Waals surface area contributed by atoms with Crippen molar-refractivity contribution in [2.24, 2.45) is 0 Å². The number of hydrogen-bond donors (Lipinski definition) is 2. The molecule has 13 heteroatoms. The standard InChI is InChI=1S/C33H35ClFN5O4S2/c1-21(2)46(41,42)13-12-36-11-5-8-32-40-29(19-45-32)25-16-26-28(17-31(25)43-3)37-20-38-33(26)39-24-9-10-30(27(34)15-24)44-18-22-6-4-7-23(35)14-22/h4,6-7,9-10,14-17,19-21,36H,5,8,11-13,18H2,1-3H3,(H,37,38,39). The van der Waals surface area contributed by atoms with E-state index in [9.17, 15) is 12.8 Å². The monoisotopic (exact) mass is 683 g/mol. The van der Waals surface area contributed by atoms with Crippen molar-refractivity contribution in [3.05, 3.63) is 87.7 Å². The van der Waals surface area contributed by atoms with Crippen molar-refractivity contribution >= 4 is 55.2 Å². The molecule has 242 valence electrons. The number of thiazole rings is 1. The Morgan fingerprint density at radius 2 is 1.89 bits per heavy atom. The van der Waals surface area contributed by atoms with Gasteiger partial charge in [-0.3, -0.25) is 0 Å². The van der Waals surface area contributed by atoms with Gasteiger partial charge in [0, 0.05) is 41.0 Å². The van der Waals surface area contributed by atoms with Gasteiger partial charge in [-0.25, -0.2) is 27.8 Å². The SMILES string of the molecule is COc1cc2ncnc(Nc3ccc(OCc4cccc(F)c4)c(Cl)c3)c2cc1-c1csc(CCCNCCS(=O)(=O)C(C)C)n1. The molecule has 0 saturated heterocycles. The van der Waals surface area contributed by atoms with Crippen LogP contribution in [0.2, 0.25) is 5.02 Å². The van der Waals surface area contributed by atoms with Gasteiger partial charge >= 0.3 is 0 Å². The number of ether oxygens (including phenoxy) is 2. The number of aryl methyl sites for hydroxylation is 1. The zero-order valence-corrected chi connectivity index (χ0v) is 28.1. The highest BCUT2D eigenvalue weighted by molar-refractivity contribution is 7.92. The Morgan fingerprint density at radius 3 is 2.65 bits per heavy atom. The number of nitrogens with one attached hydrogen (secondary N) is 2. The maximum Gasteiger partial charge on any atom is 0.153 e. The summed E-state index contributed by atoms with van der Waals surface area (Å²) in [5.74, 6) is 1.52. The van der Waals surface area contributed by atoms with E-state index in [1.54, 1.807) is 56.6 Å². The Balaban J connectivity index is 1.27. The van der Waals surface area contributed by atoms with E-state index in [-0.39, 0.29) is 23.4 Å². The fourth-order valence-electron chi connectivity index (χ4n) is 4.66. The van der Waals surface area contributed by atoms with Crippen molar-refractivity contribution in [1.82, 2.24) is 20.3 Å². The van der Waals surface area contributed by atoms with Crippen LogP contribution in [0.4, 0.5) is 15.9 Å². The Morgan fingerprint density at radius 1 is 1.04 bits per heavy atom. The first kappa shape index (κ1) is 33.5. The van der Waals surface area contributed by atoms with Crippen LogP contribution >= 0.6 is 22.9 Å². The van der Waals surface area contributed by atoms with Gasteiger partial charge in [-0.15, -0.1) is 11.3 Å². The van der Waals surface area contributed by atoms with Gasteiger partial charge in [0.05, 0.1) is 39.4 Å². The molecule has 0 aliphatic heterocycles. The molecule has 0 fully saturated rings. The minimum Gasteiger partial charge on any atom is -0.496 e. The molecule has 0 amide bonds. The highest BCUT2D eigenvalue weighted by Gasteiger charge is 2.17. The Bertz CT molecular complexity index is 1920. The molecule has 0 radical (unpaired) electrons. The molecular weight excluding hydrogens is 649 g/mol. The summed E-state index contributed by atoms with van der Waals surface area (Å²) in [4.78, 5) is 13.8. The average Bonchev–Trinajstić information content (AvgIpc) is 3.50. The van der Waals surface area contributed by atoms with E-state index in [1.807, 2.05) is 23.6 Å². The lowest BCUT2D eigenvalue weighted by Gasteiger charge is -2.13. The highest BCUT2D eigenvalue weighted by Crippen LogP contribution is 2.37. The molecule has 2 aromatic heterocycles. The predicted octanol–water partition coefficient (Wildman–Crippen LogP) is 7.22. The molecule has 0 unspecified atom stereocenters. The van der Waals surface area contributed by atoms with Crippen molar-refractivity contribution in [3.63, 3.8) is 0 Å². The summed E-state index contributed by atoms with van der Waals surface area (Å²) in [7, 11) is -1.43. The minimum absolute atomic E-state index is 0.138. The van der Waals surface area contributed by atoms with Gasteiger partial charge in [-0.1, -0.05) is 23.7 Å². The van der Waals surface area contributed by atoms with Crippen molar-refractivity contribution in [2.45, 2.75) is 38.5 Å². The van der Waals surface area contributed by atoms with Gasteiger partial charge in [0.25, 0.3) is 0 Å². The number of nitrogens with zero attached hydrogens (tertiary/aromatic N) is 3. The first-order chi connectivity index (χ1) is 22.1. The smallest absolute Gasteiger partial charge is 0.153 e. The van der Waals surface area contributed by atoms with Crippen LogP contribution in [-0.2, 0) is 22.9 Å². The molecule has 5 rings (SSSR count). The fraction of sp³-hybridized carbons (Fsp3) is 0.303. The molecule has 5 aromatic rings. The van der Waals surface area contributed by atoms with Crippen LogP contribution in [0.25, 0.3) is 22.2 Å². The Labute approximate surface area is 277 Å². The molecule has 0 spiro atoms. The second-order valence-corrected chi connectivity index (χ2v) is 14.9.